The van der Waals surface area contributed by atoms with E-state index in [1.54, 1.807) is 58.0 Å². The van der Waals surface area contributed by atoms with Crippen molar-refractivity contribution in [3.63, 3.8) is 0 Å². The zero-order chi connectivity index (χ0) is 15.3. The molecule has 4 heteroatoms. The average molecular weight is 276 g/mol. The lowest BCUT2D eigenvalue weighted by Crippen LogP contribution is -2.29. The standard InChI is InChI=1S/C16H20O4/c1-11(14(17)20-16(3,4)5)12(2)19-15(18)13-9-7-6-8-10-13/h6-10,12H,1H2,2-5H3. The van der Waals surface area contributed by atoms with Gasteiger partial charge in [0, 0.05) is 0 Å². The van der Waals surface area contributed by atoms with Crippen LogP contribution >= 0.6 is 0 Å². The van der Waals surface area contributed by atoms with Crippen molar-refractivity contribution < 1.29 is 19.1 Å². The summed E-state index contributed by atoms with van der Waals surface area (Å²) in [4.78, 5) is 23.7. The third-order valence-corrected chi connectivity index (χ3v) is 2.45. The summed E-state index contributed by atoms with van der Waals surface area (Å²) in [5, 5.41) is 0. The third-order valence-electron chi connectivity index (χ3n) is 2.45. The molecule has 1 atom stereocenters. The fourth-order valence-electron chi connectivity index (χ4n) is 1.38. The maximum atomic E-state index is 11.9. The zero-order valence-electron chi connectivity index (χ0n) is 12.3. The maximum absolute atomic E-state index is 11.9. The van der Waals surface area contributed by atoms with Gasteiger partial charge in [-0.3, -0.25) is 0 Å². The predicted octanol–water partition coefficient (Wildman–Crippen LogP) is 3.13. The van der Waals surface area contributed by atoms with Crippen LogP contribution in [0.5, 0.6) is 0 Å². The second-order valence-corrected chi connectivity index (χ2v) is 5.44. The summed E-state index contributed by atoms with van der Waals surface area (Å²) in [6.45, 7) is 10.5. The Bertz CT molecular complexity index is 497. The van der Waals surface area contributed by atoms with Gasteiger partial charge < -0.3 is 9.47 Å². The van der Waals surface area contributed by atoms with Crippen LogP contribution in [0.4, 0.5) is 0 Å². The summed E-state index contributed by atoms with van der Waals surface area (Å²) in [5.74, 6) is -1.06. The van der Waals surface area contributed by atoms with Gasteiger partial charge in [0.15, 0.2) is 0 Å². The van der Waals surface area contributed by atoms with Gasteiger partial charge in [0.1, 0.15) is 11.7 Å². The minimum absolute atomic E-state index is 0.115. The largest absolute Gasteiger partial charge is 0.457 e. The van der Waals surface area contributed by atoms with Crippen LogP contribution in [0.25, 0.3) is 0 Å². The topological polar surface area (TPSA) is 52.6 Å². The van der Waals surface area contributed by atoms with E-state index >= 15 is 0 Å². The van der Waals surface area contributed by atoms with Crippen molar-refractivity contribution in [3.8, 4) is 0 Å². The zero-order valence-corrected chi connectivity index (χ0v) is 12.3. The SMILES string of the molecule is C=C(C(=O)OC(C)(C)C)C(C)OC(=O)c1ccccc1. The van der Waals surface area contributed by atoms with Crippen LogP contribution < -0.4 is 0 Å². The summed E-state index contributed by atoms with van der Waals surface area (Å²) >= 11 is 0. The molecule has 0 N–H and O–H groups in total. The smallest absolute Gasteiger partial charge is 0.338 e. The van der Waals surface area contributed by atoms with Crippen LogP contribution in [-0.4, -0.2) is 23.6 Å². The van der Waals surface area contributed by atoms with Crippen molar-refractivity contribution in [1.29, 1.82) is 0 Å². The summed E-state index contributed by atoms with van der Waals surface area (Å²) in [7, 11) is 0. The van der Waals surface area contributed by atoms with Gasteiger partial charge in [-0.05, 0) is 39.8 Å². The number of ether oxygens (including phenoxy) is 2. The van der Waals surface area contributed by atoms with Gasteiger partial charge >= 0.3 is 11.9 Å². The van der Waals surface area contributed by atoms with Crippen molar-refractivity contribution in [3.05, 3.63) is 48.0 Å². The Kier molecular flexibility index (Phi) is 5.08. The summed E-state index contributed by atoms with van der Waals surface area (Å²) < 4.78 is 10.4. The number of carbonyl (C=O) groups excluding carboxylic acids is 2. The molecule has 0 bridgehead atoms. The quantitative estimate of drug-likeness (QED) is 0.626. The Morgan fingerprint density at radius 2 is 1.70 bits per heavy atom. The summed E-state index contributed by atoms with van der Waals surface area (Å²) in [6.07, 6.45) is -0.738. The van der Waals surface area contributed by atoms with E-state index in [4.69, 9.17) is 9.47 Å². The first kappa shape index (κ1) is 16.0. The van der Waals surface area contributed by atoms with Crippen molar-refractivity contribution in [2.45, 2.75) is 39.4 Å². The first-order valence-electron chi connectivity index (χ1n) is 6.39. The molecule has 1 aromatic rings. The second-order valence-electron chi connectivity index (χ2n) is 5.44. The first-order valence-corrected chi connectivity index (χ1v) is 6.39. The van der Waals surface area contributed by atoms with E-state index in [-0.39, 0.29) is 5.57 Å². The minimum Gasteiger partial charge on any atom is -0.457 e. The van der Waals surface area contributed by atoms with Crippen LogP contribution in [0.2, 0.25) is 0 Å². The Morgan fingerprint density at radius 1 is 1.15 bits per heavy atom. The highest BCUT2D eigenvalue weighted by Gasteiger charge is 2.24. The number of carbonyl (C=O) groups is 2. The molecular formula is C16H20O4. The highest BCUT2D eigenvalue weighted by Crippen LogP contribution is 2.15. The van der Waals surface area contributed by atoms with E-state index in [1.807, 2.05) is 0 Å². The monoisotopic (exact) mass is 276 g/mol. The van der Waals surface area contributed by atoms with E-state index in [2.05, 4.69) is 6.58 Å². The van der Waals surface area contributed by atoms with E-state index in [0.717, 1.165) is 0 Å². The Labute approximate surface area is 119 Å². The molecule has 0 aromatic heterocycles. The van der Waals surface area contributed by atoms with Gasteiger partial charge in [-0.2, -0.15) is 0 Å². The molecule has 1 unspecified atom stereocenters. The summed E-state index contributed by atoms with van der Waals surface area (Å²) in [5.41, 5.74) is -0.0658. The van der Waals surface area contributed by atoms with Crippen LogP contribution in [0, 0.1) is 0 Å². The molecule has 0 saturated heterocycles. The van der Waals surface area contributed by atoms with E-state index in [0.29, 0.717) is 5.56 Å². The van der Waals surface area contributed by atoms with E-state index < -0.39 is 23.6 Å². The Balaban J connectivity index is 2.63. The normalized spacial score (nSPS) is 12.4. The predicted molar refractivity (Wildman–Crippen MR) is 76.3 cm³/mol. The van der Waals surface area contributed by atoms with Gasteiger partial charge in [0.25, 0.3) is 0 Å². The molecule has 0 fully saturated rings. The Morgan fingerprint density at radius 3 is 2.20 bits per heavy atom. The van der Waals surface area contributed by atoms with Crippen LogP contribution in [0.15, 0.2) is 42.5 Å². The first-order chi connectivity index (χ1) is 9.20. The molecule has 0 aliphatic heterocycles. The van der Waals surface area contributed by atoms with Gasteiger partial charge in [-0.15, -0.1) is 0 Å². The summed E-state index contributed by atoms with van der Waals surface area (Å²) in [6, 6.07) is 8.57. The second kappa shape index (κ2) is 6.37. The third kappa shape index (κ3) is 4.88. The van der Waals surface area contributed by atoms with Crippen molar-refractivity contribution in [2.75, 3.05) is 0 Å². The van der Waals surface area contributed by atoms with Gasteiger partial charge in [0.05, 0.1) is 11.1 Å². The fraction of sp³-hybridized carbons (Fsp3) is 0.375. The molecule has 1 aromatic carbocycles. The van der Waals surface area contributed by atoms with Crippen LogP contribution in [-0.2, 0) is 14.3 Å². The Hall–Kier alpha value is -2.10. The van der Waals surface area contributed by atoms with Crippen LogP contribution in [0.3, 0.4) is 0 Å². The molecule has 0 aliphatic rings. The van der Waals surface area contributed by atoms with Gasteiger partial charge in [-0.25, -0.2) is 9.59 Å². The number of esters is 2. The van der Waals surface area contributed by atoms with Crippen molar-refractivity contribution in [2.24, 2.45) is 0 Å². The molecule has 0 saturated carbocycles. The average Bonchev–Trinajstić information content (AvgIpc) is 2.36. The minimum atomic E-state index is -0.738. The number of rotatable bonds is 4. The van der Waals surface area contributed by atoms with Gasteiger partial charge in [0.2, 0.25) is 0 Å². The molecule has 0 spiro atoms. The van der Waals surface area contributed by atoms with Gasteiger partial charge in [-0.1, -0.05) is 24.8 Å². The molecule has 0 aliphatic carbocycles. The molecular weight excluding hydrogens is 256 g/mol. The molecule has 4 nitrogen and oxygen atoms in total. The van der Waals surface area contributed by atoms with Crippen molar-refractivity contribution >= 4 is 11.9 Å². The molecule has 0 heterocycles. The number of hydrogen-bond acceptors (Lipinski definition) is 4. The van der Waals surface area contributed by atoms with E-state index in [1.165, 1.54) is 0 Å². The fourth-order valence-corrected chi connectivity index (χ4v) is 1.38. The number of benzene rings is 1. The van der Waals surface area contributed by atoms with Crippen LogP contribution in [0.1, 0.15) is 38.1 Å². The number of hydrogen-bond donors (Lipinski definition) is 0. The molecule has 0 radical (unpaired) electrons. The highest BCUT2D eigenvalue weighted by molar-refractivity contribution is 5.92. The van der Waals surface area contributed by atoms with E-state index in [9.17, 15) is 9.59 Å². The molecule has 108 valence electrons. The maximum Gasteiger partial charge on any atom is 0.338 e. The molecule has 1 rings (SSSR count). The van der Waals surface area contributed by atoms with Crippen molar-refractivity contribution in [1.82, 2.24) is 0 Å². The molecule has 0 amide bonds. The molecule has 20 heavy (non-hydrogen) atoms. The lowest BCUT2D eigenvalue weighted by molar-refractivity contribution is -0.150. The lowest BCUT2D eigenvalue weighted by Gasteiger charge is -2.22. The highest BCUT2D eigenvalue weighted by atomic mass is 16.6. The lowest BCUT2D eigenvalue weighted by atomic mass is 10.1.